The van der Waals surface area contributed by atoms with Crippen molar-refractivity contribution in [3.05, 3.63) is 83.4 Å². The van der Waals surface area contributed by atoms with E-state index in [-0.39, 0.29) is 18.0 Å². The van der Waals surface area contributed by atoms with Crippen LogP contribution in [0.3, 0.4) is 0 Å². The first kappa shape index (κ1) is 24.8. The molecule has 0 fully saturated rings. The molecule has 3 N–H and O–H groups in total. The SMILES string of the molecule is O=C(O)CCCN1Cc2ccc(-c3ccc(NC(=O)Nc4cccc(C(F)(F)F)c4)cc3)cc2C1=O. The lowest BCUT2D eigenvalue weighted by Crippen LogP contribution is -2.25. The Labute approximate surface area is 204 Å². The number of hydrogen-bond acceptors (Lipinski definition) is 3. The van der Waals surface area contributed by atoms with Gasteiger partial charge in [0, 0.05) is 36.4 Å². The van der Waals surface area contributed by atoms with Gasteiger partial charge in [-0.05, 0) is 59.5 Å². The van der Waals surface area contributed by atoms with Crippen molar-refractivity contribution in [1.29, 1.82) is 0 Å². The molecule has 0 atom stereocenters. The highest BCUT2D eigenvalue weighted by molar-refractivity contribution is 6.00. The van der Waals surface area contributed by atoms with Gasteiger partial charge in [-0.1, -0.05) is 30.3 Å². The van der Waals surface area contributed by atoms with Crippen molar-refractivity contribution in [2.75, 3.05) is 17.2 Å². The van der Waals surface area contributed by atoms with Crippen molar-refractivity contribution in [1.82, 2.24) is 4.90 Å². The van der Waals surface area contributed by atoms with E-state index in [1.807, 2.05) is 12.1 Å². The molecule has 0 unspecified atom stereocenters. The quantitative estimate of drug-likeness (QED) is 0.382. The zero-order valence-electron chi connectivity index (χ0n) is 18.9. The van der Waals surface area contributed by atoms with Crippen LogP contribution >= 0.6 is 0 Å². The summed E-state index contributed by atoms with van der Waals surface area (Å²) in [5, 5.41) is 13.8. The van der Waals surface area contributed by atoms with Gasteiger partial charge in [0.1, 0.15) is 0 Å². The molecule has 0 aliphatic carbocycles. The highest BCUT2D eigenvalue weighted by atomic mass is 19.4. The largest absolute Gasteiger partial charge is 0.481 e. The number of carboxylic acid groups (broad SMARTS) is 1. The zero-order valence-corrected chi connectivity index (χ0v) is 18.9. The van der Waals surface area contributed by atoms with Crippen LogP contribution in [0.4, 0.5) is 29.3 Å². The fourth-order valence-corrected chi connectivity index (χ4v) is 3.96. The molecule has 1 aliphatic heterocycles. The number of benzene rings is 3. The fraction of sp³-hybridized carbons (Fsp3) is 0.192. The Hall–Kier alpha value is -4.34. The summed E-state index contributed by atoms with van der Waals surface area (Å²) < 4.78 is 38.6. The maximum atomic E-state index is 12.9. The van der Waals surface area contributed by atoms with E-state index >= 15 is 0 Å². The van der Waals surface area contributed by atoms with Gasteiger partial charge in [0.25, 0.3) is 5.91 Å². The molecule has 0 bridgehead atoms. The second-order valence-electron chi connectivity index (χ2n) is 8.33. The van der Waals surface area contributed by atoms with Crippen molar-refractivity contribution in [3.63, 3.8) is 0 Å². The highest BCUT2D eigenvalue weighted by Gasteiger charge is 2.30. The number of nitrogens with zero attached hydrogens (tertiary/aromatic N) is 1. The molecule has 0 saturated heterocycles. The molecule has 4 rings (SSSR count). The van der Waals surface area contributed by atoms with Gasteiger partial charge in [-0.3, -0.25) is 9.59 Å². The molecular weight excluding hydrogens is 475 g/mol. The monoisotopic (exact) mass is 497 g/mol. The van der Waals surface area contributed by atoms with Gasteiger partial charge in [-0.15, -0.1) is 0 Å². The van der Waals surface area contributed by atoms with E-state index in [4.69, 9.17) is 5.11 Å². The molecule has 1 aliphatic rings. The number of rotatable bonds is 7. The van der Waals surface area contributed by atoms with Crippen molar-refractivity contribution in [2.24, 2.45) is 0 Å². The van der Waals surface area contributed by atoms with Gasteiger partial charge in [0.05, 0.1) is 5.56 Å². The molecule has 186 valence electrons. The molecule has 3 aromatic rings. The zero-order chi connectivity index (χ0) is 25.9. The number of amides is 3. The molecule has 3 aromatic carbocycles. The summed E-state index contributed by atoms with van der Waals surface area (Å²) in [5.74, 6) is -1.03. The lowest BCUT2D eigenvalue weighted by Gasteiger charge is -2.14. The van der Waals surface area contributed by atoms with Crippen LogP contribution in [0.25, 0.3) is 11.1 Å². The Kier molecular flexibility index (Phi) is 6.96. The Morgan fingerprint density at radius 1 is 0.917 bits per heavy atom. The van der Waals surface area contributed by atoms with Crippen LogP contribution in [0.1, 0.15) is 34.3 Å². The Bertz CT molecular complexity index is 1310. The van der Waals surface area contributed by atoms with Crippen LogP contribution in [0.15, 0.2) is 66.7 Å². The van der Waals surface area contributed by atoms with Gasteiger partial charge in [-0.25, -0.2) is 4.79 Å². The first-order chi connectivity index (χ1) is 17.1. The average molecular weight is 497 g/mol. The number of aliphatic carboxylic acids is 1. The number of nitrogens with one attached hydrogen (secondary N) is 2. The number of carbonyl (C=O) groups excluding carboxylic acids is 2. The summed E-state index contributed by atoms with van der Waals surface area (Å²) in [4.78, 5) is 37.3. The van der Waals surface area contributed by atoms with E-state index in [0.717, 1.165) is 28.8 Å². The van der Waals surface area contributed by atoms with Crippen molar-refractivity contribution in [3.8, 4) is 11.1 Å². The number of fused-ring (bicyclic) bond motifs is 1. The molecule has 36 heavy (non-hydrogen) atoms. The third kappa shape index (κ3) is 5.83. The standard InChI is InChI=1S/C26H22F3N3O4/c27-26(28,29)19-3-1-4-21(14-19)31-25(36)30-20-10-8-16(9-11-20)17-6-7-18-15-32(12-2-5-23(33)34)24(35)22(18)13-17/h1,3-4,6-11,13-14H,2,5,12,15H2,(H,33,34)(H2,30,31,36). The van der Waals surface area contributed by atoms with Crippen LogP contribution in [0.2, 0.25) is 0 Å². The number of alkyl halides is 3. The number of carbonyl (C=O) groups is 3. The van der Waals surface area contributed by atoms with Crippen LogP contribution in [0.5, 0.6) is 0 Å². The number of halogens is 3. The predicted octanol–water partition coefficient (Wildman–Crippen LogP) is 5.84. The molecular formula is C26H22F3N3O4. The van der Waals surface area contributed by atoms with Crippen molar-refractivity contribution < 1.29 is 32.7 Å². The minimum Gasteiger partial charge on any atom is -0.481 e. The average Bonchev–Trinajstić information content (AvgIpc) is 3.14. The third-order valence-corrected chi connectivity index (χ3v) is 5.73. The third-order valence-electron chi connectivity index (χ3n) is 5.73. The summed E-state index contributed by atoms with van der Waals surface area (Å²) >= 11 is 0. The smallest absolute Gasteiger partial charge is 0.416 e. The van der Waals surface area contributed by atoms with Gasteiger partial charge in [0.15, 0.2) is 0 Å². The molecule has 3 amide bonds. The molecule has 0 saturated carbocycles. The lowest BCUT2D eigenvalue weighted by atomic mass is 10.0. The van der Waals surface area contributed by atoms with Crippen molar-refractivity contribution >= 4 is 29.3 Å². The summed E-state index contributed by atoms with van der Waals surface area (Å²) in [5.41, 5.74) is 2.65. The van der Waals surface area contributed by atoms with Gasteiger partial charge < -0.3 is 20.6 Å². The van der Waals surface area contributed by atoms with E-state index < -0.39 is 23.7 Å². The molecule has 0 aromatic heterocycles. The molecule has 0 spiro atoms. The summed E-state index contributed by atoms with van der Waals surface area (Å²) in [6.07, 6.45) is -4.12. The first-order valence-electron chi connectivity index (χ1n) is 11.1. The Morgan fingerprint density at radius 3 is 2.31 bits per heavy atom. The second-order valence-corrected chi connectivity index (χ2v) is 8.33. The summed E-state index contributed by atoms with van der Waals surface area (Å²) in [7, 11) is 0. The molecule has 7 nitrogen and oxygen atoms in total. The van der Waals surface area contributed by atoms with Crippen LogP contribution in [-0.2, 0) is 17.5 Å². The maximum Gasteiger partial charge on any atom is 0.416 e. The second kappa shape index (κ2) is 10.1. The molecule has 10 heteroatoms. The minimum absolute atomic E-state index is 0.00370. The van der Waals surface area contributed by atoms with Crippen LogP contribution < -0.4 is 10.6 Å². The van der Waals surface area contributed by atoms with E-state index in [1.54, 1.807) is 35.2 Å². The Morgan fingerprint density at radius 2 is 1.61 bits per heavy atom. The van der Waals surface area contributed by atoms with E-state index in [9.17, 15) is 27.6 Å². The summed E-state index contributed by atoms with van der Waals surface area (Å²) in [6.45, 7) is 0.815. The normalized spacial score (nSPS) is 12.9. The number of hydrogen-bond donors (Lipinski definition) is 3. The van der Waals surface area contributed by atoms with E-state index in [0.29, 0.717) is 30.8 Å². The Balaban J connectivity index is 1.39. The van der Waals surface area contributed by atoms with E-state index in [2.05, 4.69) is 10.6 Å². The van der Waals surface area contributed by atoms with Crippen LogP contribution in [0, 0.1) is 0 Å². The summed E-state index contributed by atoms with van der Waals surface area (Å²) in [6, 6.07) is 16.0. The fourth-order valence-electron chi connectivity index (χ4n) is 3.96. The first-order valence-corrected chi connectivity index (χ1v) is 11.1. The van der Waals surface area contributed by atoms with Crippen LogP contribution in [-0.4, -0.2) is 34.5 Å². The highest BCUT2D eigenvalue weighted by Crippen LogP contribution is 2.31. The number of carboxylic acids is 1. The van der Waals surface area contributed by atoms with Crippen molar-refractivity contribution in [2.45, 2.75) is 25.6 Å². The maximum absolute atomic E-state index is 12.9. The number of anilines is 2. The molecule has 1 heterocycles. The topological polar surface area (TPSA) is 98.7 Å². The predicted molar refractivity (Wildman–Crippen MR) is 128 cm³/mol. The molecule has 0 radical (unpaired) electrons. The number of urea groups is 1. The van der Waals surface area contributed by atoms with E-state index in [1.165, 1.54) is 12.1 Å². The van der Waals surface area contributed by atoms with Gasteiger partial charge in [0.2, 0.25) is 0 Å². The van der Waals surface area contributed by atoms with Gasteiger partial charge in [-0.2, -0.15) is 13.2 Å². The minimum atomic E-state index is -4.51. The lowest BCUT2D eigenvalue weighted by molar-refractivity contribution is -0.138. The van der Waals surface area contributed by atoms with Gasteiger partial charge >= 0.3 is 18.2 Å².